The summed E-state index contributed by atoms with van der Waals surface area (Å²) in [5.74, 6) is 0.141. The van der Waals surface area contributed by atoms with E-state index in [-0.39, 0.29) is 18.0 Å². The van der Waals surface area contributed by atoms with Crippen LogP contribution in [0.4, 0.5) is 0 Å². The van der Waals surface area contributed by atoms with Crippen LogP contribution in [-0.2, 0) is 4.79 Å². The molecule has 0 aromatic heterocycles. The van der Waals surface area contributed by atoms with Crippen LogP contribution in [-0.4, -0.2) is 35.5 Å². The van der Waals surface area contributed by atoms with E-state index in [1.54, 1.807) is 0 Å². The first-order chi connectivity index (χ1) is 8.58. The molecule has 0 aliphatic heterocycles. The molecule has 4 atom stereocenters. The number of carbonyl (C=O) groups is 1. The molecule has 0 spiro atoms. The molecule has 4 unspecified atom stereocenters. The summed E-state index contributed by atoms with van der Waals surface area (Å²) in [6, 6.07) is 0.705. The van der Waals surface area contributed by atoms with E-state index in [4.69, 9.17) is 0 Å². The highest BCUT2D eigenvalue weighted by Gasteiger charge is 2.29. The Bertz CT molecular complexity index is 260. The third-order valence-electron chi connectivity index (χ3n) is 3.72. The Morgan fingerprint density at radius 1 is 1.39 bits per heavy atom. The average molecular weight is 272 g/mol. The van der Waals surface area contributed by atoms with E-state index in [9.17, 15) is 4.79 Å². The summed E-state index contributed by atoms with van der Waals surface area (Å²) in [4.78, 5) is 12.0. The SMILES string of the molecule is CCCC(C)NC(=O)C(C)NC1CCCC1SC. The lowest BCUT2D eigenvalue weighted by Gasteiger charge is -2.24. The Balaban J connectivity index is 2.35. The van der Waals surface area contributed by atoms with E-state index in [2.05, 4.69) is 30.7 Å². The molecule has 0 radical (unpaired) electrons. The Morgan fingerprint density at radius 2 is 2.11 bits per heavy atom. The molecule has 106 valence electrons. The molecule has 1 rings (SSSR count). The summed E-state index contributed by atoms with van der Waals surface area (Å²) in [5.41, 5.74) is 0. The van der Waals surface area contributed by atoms with Gasteiger partial charge in [-0.05, 0) is 39.4 Å². The van der Waals surface area contributed by atoms with Gasteiger partial charge in [-0.25, -0.2) is 0 Å². The summed E-state index contributed by atoms with van der Waals surface area (Å²) in [6.45, 7) is 6.20. The standard InChI is InChI=1S/C14H28N2OS/c1-5-7-10(2)15-14(17)11(3)16-12-8-6-9-13(12)18-4/h10-13,16H,5-9H2,1-4H3,(H,15,17). The zero-order valence-electron chi connectivity index (χ0n) is 12.2. The molecule has 1 aliphatic rings. The first-order valence-electron chi connectivity index (χ1n) is 7.17. The first kappa shape index (κ1) is 15.8. The lowest BCUT2D eigenvalue weighted by molar-refractivity contribution is -0.123. The van der Waals surface area contributed by atoms with Gasteiger partial charge >= 0.3 is 0 Å². The summed E-state index contributed by atoms with van der Waals surface area (Å²) in [5, 5.41) is 7.25. The first-order valence-corrected chi connectivity index (χ1v) is 8.46. The van der Waals surface area contributed by atoms with Crippen molar-refractivity contribution in [1.29, 1.82) is 0 Å². The maximum absolute atomic E-state index is 12.0. The number of amides is 1. The van der Waals surface area contributed by atoms with Gasteiger partial charge in [0.2, 0.25) is 5.91 Å². The average Bonchev–Trinajstić information content (AvgIpc) is 2.76. The second-order valence-corrected chi connectivity index (χ2v) is 6.48. The van der Waals surface area contributed by atoms with Crippen molar-refractivity contribution >= 4 is 17.7 Å². The van der Waals surface area contributed by atoms with Crippen molar-refractivity contribution in [3.8, 4) is 0 Å². The maximum atomic E-state index is 12.0. The molecule has 0 bridgehead atoms. The highest BCUT2D eigenvalue weighted by Crippen LogP contribution is 2.28. The van der Waals surface area contributed by atoms with E-state index in [0.717, 1.165) is 12.8 Å². The molecular weight excluding hydrogens is 244 g/mol. The van der Waals surface area contributed by atoms with Gasteiger partial charge in [0.25, 0.3) is 0 Å². The second-order valence-electron chi connectivity index (χ2n) is 5.40. The van der Waals surface area contributed by atoms with Gasteiger partial charge in [0.05, 0.1) is 6.04 Å². The number of thioether (sulfide) groups is 1. The fourth-order valence-electron chi connectivity index (χ4n) is 2.67. The van der Waals surface area contributed by atoms with Crippen molar-refractivity contribution in [2.75, 3.05) is 6.26 Å². The van der Waals surface area contributed by atoms with Gasteiger partial charge < -0.3 is 10.6 Å². The van der Waals surface area contributed by atoms with Crippen LogP contribution in [0, 0.1) is 0 Å². The lowest BCUT2D eigenvalue weighted by Crippen LogP contribution is -2.50. The summed E-state index contributed by atoms with van der Waals surface area (Å²) in [7, 11) is 0. The minimum absolute atomic E-state index is 0.0814. The Kier molecular flexibility index (Phi) is 7.08. The van der Waals surface area contributed by atoms with Crippen molar-refractivity contribution in [1.82, 2.24) is 10.6 Å². The third kappa shape index (κ3) is 4.81. The minimum Gasteiger partial charge on any atom is -0.352 e. The summed E-state index contributed by atoms with van der Waals surface area (Å²) < 4.78 is 0. The Labute approximate surface area is 116 Å². The van der Waals surface area contributed by atoms with Gasteiger partial charge in [-0.2, -0.15) is 11.8 Å². The topological polar surface area (TPSA) is 41.1 Å². The van der Waals surface area contributed by atoms with Gasteiger partial charge in [0.15, 0.2) is 0 Å². The fraction of sp³-hybridized carbons (Fsp3) is 0.929. The van der Waals surface area contributed by atoms with E-state index >= 15 is 0 Å². The molecule has 0 aromatic carbocycles. The van der Waals surface area contributed by atoms with Crippen molar-refractivity contribution < 1.29 is 4.79 Å². The zero-order chi connectivity index (χ0) is 13.5. The van der Waals surface area contributed by atoms with Crippen LogP contribution in [0.1, 0.15) is 52.9 Å². The molecule has 1 saturated carbocycles. The van der Waals surface area contributed by atoms with Crippen LogP contribution >= 0.6 is 11.8 Å². The zero-order valence-corrected chi connectivity index (χ0v) is 13.0. The molecule has 0 aromatic rings. The van der Waals surface area contributed by atoms with Crippen molar-refractivity contribution in [2.45, 2.75) is 76.3 Å². The number of hydrogen-bond acceptors (Lipinski definition) is 3. The van der Waals surface area contributed by atoms with Crippen LogP contribution in [0.25, 0.3) is 0 Å². The Hall–Kier alpha value is -0.220. The van der Waals surface area contributed by atoms with Crippen molar-refractivity contribution in [3.63, 3.8) is 0 Å². The molecule has 1 amide bonds. The van der Waals surface area contributed by atoms with Crippen LogP contribution in [0.2, 0.25) is 0 Å². The highest BCUT2D eigenvalue weighted by molar-refractivity contribution is 7.99. The molecule has 4 heteroatoms. The molecule has 1 fully saturated rings. The quantitative estimate of drug-likeness (QED) is 0.748. The lowest BCUT2D eigenvalue weighted by atomic mass is 10.1. The fourth-order valence-corrected chi connectivity index (χ4v) is 3.61. The number of carbonyl (C=O) groups excluding carboxylic acids is 1. The molecule has 0 saturated heterocycles. The van der Waals surface area contributed by atoms with Crippen LogP contribution in [0.15, 0.2) is 0 Å². The molecule has 0 heterocycles. The van der Waals surface area contributed by atoms with E-state index in [1.807, 2.05) is 18.7 Å². The van der Waals surface area contributed by atoms with E-state index in [0.29, 0.717) is 11.3 Å². The maximum Gasteiger partial charge on any atom is 0.237 e. The van der Waals surface area contributed by atoms with Crippen LogP contribution in [0.3, 0.4) is 0 Å². The second kappa shape index (κ2) is 8.05. The van der Waals surface area contributed by atoms with Gasteiger partial charge in [-0.1, -0.05) is 19.8 Å². The van der Waals surface area contributed by atoms with Crippen molar-refractivity contribution in [2.24, 2.45) is 0 Å². The predicted octanol–water partition coefficient (Wildman–Crippen LogP) is 2.55. The van der Waals surface area contributed by atoms with Gasteiger partial charge in [-0.15, -0.1) is 0 Å². The highest BCUT2D eigenvalue weighted by atomic mass is 32.2. The van der Waals surface area contributed by atoms with Gasteiger partial charge in [0.1, 0.15) is 0 Å². The molecule has 18 heavy (non-hydrogen) atoms. The van der Waals surface area contributed by atoms with Gasteiger partial charge in [-0.3, -0.25) is 4.79 Å². The predicted molar refractivity (Wildman–Crippen MR) is 80.1 cm³/mol. The van der Waals surface area contributed by atoms with E-state index < -0.39 is 0 Å². The summed E-state index contributed by atoms with van der Waals surface area (Å²) in [6.07, 6.45) is 8.09. The largest absolute Gasteiger partial charge is 0.352 e. The van der Waals surface area contributed by atoms with Crippen molar-refractivity contribution in [3.05, 3.63) is 0 Å². The molecular formula is C14H28N2OS. The number of nitrogens with one attached hydrogen (secondary N) is 2. The molecule has 1 aliphatic carbocycles. The van der Waals surface area contributed by atoms with Crippen LogP contribution < -0.4 is 10.6 Å². The van der Waals surface area contributed by atoms with E-state index in [1.165, 1.54) is 19.3 Å². The monoisotopic (exact) mass is 272 g/mol. The Morgan fingerprint density at radius 3 is 2.72 bits per heavy atom. The number of hydrogen-bond donors (Lipinski definition) is 2. The van der Waals surface area contributed by atoms with Crippen LogP contribution in [0.5, 0.6) is 0 Å². The smallest absolute Gasteiger partial charge is 0.237 e. The van der Waals surface area contributed by atoms with Gasteiger partial charge in [0, 0.05) is 17.3 Å². The molecule has 3 nitrogen and oxygen atoms in total. The molecule has 2 N–H and O–H groups in total. The normalized spacial score (nSPS) is 26.9. The third-order valence-corrected chi connectivity index (χ3v) is 4.89. The summed E-state index contributed by atoms with van der Waals surface area (Å²) >= 11 is 1.92. The minimum atomic E-state index is -0.0814. The number of rotatable bonds is 7.